The van der Waals surface area contributed by atoms with Crippen molar-refractivity contribution >= 4 is 17.7 Å². The van der Waals surface area contributed by atoms with Crippen molar-refractivity contribution in [2.75, 3.05) is 18.3 Å². The molecular weight excluding hydrogens is 262 g/mol. The van der Waals surface area contributed by atoms with Gasteiger partial charge in [0.05, 0.1) is 19.2 Å². The average Bonchev–Trinajstić information content (AvgIpc) is 2.43. The van der Waals surface area contributed by atoms with Crippen LogP contribution in [0.2, 0.25) is 0 Å². The lowest BCUT2D eigenvalue weighted by molar-refractivity contribution is -0.144. The zero-order valence-corrected chi connectivity index (χ0v) is 12.0. The van der Waals surface area contributed by atoms with Crippen molar-refractivity contribution in [3.63, 3.8) is 0 Å². The van der Waals surface area contributed by atoms with Crippen LogP contribution in [-0.2, 0) is 20.9 Å². The van der Waals surface area contributed by atoms with Crippen LogP contribution in [0.4, 0.5) is 0 Å². The molecule has 0 aliphatic carbocycles. The Morgan fingerprint density at radius 2 is 2.11 bits per heavy atom. The molecule has 0 fully saturated rings. The molecule has 0 aromatic heterocycles. The Hall–Kier alpha value is -1.04. The molecule has 0 saturated carbocycles. The number of ether oxygens (including phenoxy) is 2. The minimum absolute atomic E-state index is 0.326. The Morgan fingerprint density at radius 3 is 2.79 bits per heavy atom. The minimum atomic E-state index is -0.526. The number of esters is 1. The Kier molecular flexibility index (Phi) is 8.29. The molecular formula is C14H21NO3S. The Morgan fingerprint density at radius 1 is 1.37 bits per heavy atom. The molecule has 1 aromatic carbocycles. The lowest BCUT2D eigenvalue weighted by Crippen LogP contribution is -2.32. The van der Waals surface area contributed by atoms with E-state index < -0.39 is 6.04 Å². The van der Waals surface area contributed by atoms with Crippen molar-refractivity contribution in [3.05, 3.63) is 35.9 Å². The largest absolute Gasteiger partial charge is 0.465 e. The number of hydrogen-bond acceptors (Lipinski definition) is 5. The van der Waals surface area contributed by atoms with Crippen LogP contribution in [0.3, 0.4) is 0 Å². The minimum Gasteiger partial charge on any atom is -0.465 e. The number of thioether (sulfide) groups is 1. The van der Waals surface area contributed by atoms with Gasteiger partial charge in [0.2, 0.25) is 0 Å². The molecule has 0 heterocycles. The van der Waals surface area contributed by atoms with Gasteiger partial charge in [0.25, 0.3) is 0 Å². The van der Waals surface area contributed by atoms with Gasteiger partial charge in [-0.3, -0.25) is 4.79 Å². The highest BCUT2D eigenvalue weighted by atomic mass is 32.2. The van der Waals surface area contributed by atoms with Crippen molar-refractivity contribution < 1.29 is 14.3 Å². The molecule has 0 spiro atoms. The molecule has 106 valence electrons. The maximum Gasteiger partial charge on any atom is 0.322 e. The quantitative estimate of drug-likeness (QED) is 0.427. The first kappa shape index (κ1) is 16.0. The van der Waals surface area contributed by atoms with Crippen molar-refractivity contribution in [3.8, 4) is 0 Å². The highest BCUT2D eigenvalue weighted by Gasteiger charge is 2.13. The Labute approximate surface area is 118 Å². The molecule has 0 bridgehead atoms. The molecule has 0 aliphatic heterocycles. The highest BCUT2D eigenvalue weighted by molar-refractivity contribution is 7.99. The van der Waals surface area contributed by atoms with E-state index in [9.17, 15) is 4.79 Å². The number of rotatable bonds is 9. The van der Waals surface area contributed by atoms with Gasteiger partial charge in [0.1, 0.15) is 6.04 Å². The van der Waals surface area contributed by atoms with Gasteiger partial charge in [-0.05, 0) is 24.7 Å². The summed E-state index contributed by atoms with van der Waals surface area (Å²) in [5, 5.41) is 0. The fourth-order valence-corrected chi connectivity index (χ4v) is 2.17. The number of benzene rings is 1. The second-order valence-corrected chi connectivity index (χ2v) is 5.06. The zero-order valence-electron chi connectivity index (χ0n) is 11.2. The van der Waals surface area contributed by atoms with Gasteiger partial charge in [0.15, 0.2) is 0 Å². The summed E-state index contributed by atoms with van der Waals surface area (Å²) in [5.41, 5.74) is 6.84. The summed E-state index contributed by atoms with van der Waals surface area (Å²) in [7, 11) is 0. The number of carbonyl (C=O) groups excluding carboxylic acids is 1. The molecule has 1 rings (SSSR count). The third kappa shape index (κ3) is 7.20. The molecule has 1 atom stereocenters. The van der Waals surface area contributed by atoms with Crippen molar-refractivity contribution in [1.82, 2.24) is 0 Å². The zero-order chi connectivity index (χ0) is 13.9. The van der Waals surface area contributed by atoms with Crippen LogP contribution in [0.5, 0.6) is 0 Å². The van der Waals surface area contributed by atoms with E-state index in [1.807, 2.05) is 30.3 Å². The standard InChI is InChI=1S/C14H21NO3S/c1-2-18-14(16)13(15)8-9-19-11-17-10-12-6-4-3-5-7-12/h3-7,13H,2,8-11,15H2,1H3. The van der Waals surface area contributed by atoms with Crippen LogP contribution in [0.1, 0.15) is 18.9 Å². The summed E-state index contributed by atoms with van der Waals surface area (Å²) < 4.78 is 10.4. The molecule has 5 heteroatoms. The first-order chi connectivity index (χ1) is 9.24. The maximum absolute atomic E-state index is 11.3. The number of nitrogens with two attached hydrogens (primary N) is 1. The van der Waals surface area contributed by atoms with E-state index in [-0.39, 0.29) is 5.97 Å². The first-order valence-electron chi connectivity index (χ1n) is 6.35. The van der Waals surface area contributed by atoms with Crippen molar-refractivity contribution in [2.24, 2.45) is 5.73 Å². The summed E-state index contributed by atoms with van der Waals surface area (Å²) in [6, 6.07) is 9.49. The van der Waals surface area contributed by atoms with E-state index >= 15 is 0 Å². The summed E-state index contributed by atoms with van der Waals surface area (Å²) in [5.74, 6) is 1.06. The monoisotopic (exact) mass is 283 g/mol. The van der Waals surface area contributed by atoms with Gasteiger partial charge < -0.3 is 15.2 Å². The molecule has 0 amide bonds. The fourth-order valence-electron chi connectivity index (χ4n) is 1.43. The predicted molar refractivity (Wildman–Crippen MR) is 77.8 cm³/mol. The van der Waals surface area contributed by atoms with Gasteiger partial charge in [-0.25, -0.2) is 0 Å². The Balaban J connectivity index is 2.01. The second kappa shape index (κ2) is 9.83. The van der Waals surface area contributed by atoms with Crippen LogP contribution in [0, 0.1) is 0 Å². The van der Waals surface area contributed by atoms with E-state index in [0.717, 1.165) is 11.3 Å². The average molecular weight is 283 g/mol. The molecule has 1 aromatic rings. The normalized spacial score (nSPS) is 12.1. The molecule has 19 heavy (non-hydrogen) atoms. The topological polar surface area (TPSA) is 61.5 Å². The van der Waals surface area contributed by atoms with Crippen LogP contribution in [0.25, 0.3) is 0 Å². The summed E-state index contributed by atoms with van der Waals surface area (Å²) in [6.45, 7) is 2.76. The van der Waals surface area contributed by atoms with Crippen molar-refractivity contribution in [2.45, 2.75) is 26.0 Å². The number of hydrogen-bond donors (Lipinski definition) is 1. The van der Waals surface area contributed by atoms with E-state index in [4.69, 9.17) is 15.2 Å². The molecule has 4 nitrogen and oxygen atoms in total. The van der Waals surface area contributed by atoms with E-state index in [1.165, 1.54) is 0 Å². The smallest absolute Gasteiger partial charge is 0.322 e. The highest BCUT2D eigenvalue weighted by Crippen LogP contribution is 2.08. The van der Waals surface area contributed by atoms with Crippen molar-refractivity contribution in [1.29, 1.82) is 0 Å². The van der Waals surface area contributed by atoms with Crippen LogP contribution < -0.4 is 5.73 Å². The molecule has 1 unspecified atom stereocenters. The fraction of sp³-hybridized carbons (Fsp3) is 0.500. The second-order valence-electron chi connectivity index (χ2n) is 4.01. The van der Waals surface area contributed by atoms with E-state index in [2.05, 4.69) is 0 Å². The number of carbonyl (C=O) groups is 1. The summed E-state index contributed by atoms with van der Waals surface area (Å²) in [4.78, 5) is 11.3. The third-order valence-electron chi connectivity index (χ3n) is 2.44. The van der Waals surface area contributed by atoms with Crippen LogP contribution >= 0.6 is 11.8 Å². The Bertz CT molecular complexity index is 359. The van der Waals surface area contributed by atoms with Gasteiger partial charge in [-0.15, -0.1) is 11.8 Å². The van der Waals surface area contributed by atoms with E-state index in [0.29, 0.717) is 25.6 Å². The van der Waals surface area contributed by atoms with E-state index in [1.54, 1.807) is 18.7 Å². The van der Waals surface area contributed by atoms with Crippen LogP contribution in [0.15, 0.2) is 30.3 Å². The van der Waals surface area contributed by atoms with Crippen LogP contribution in [-0.4, -0.2) is 30.3 Å². The van der Waals surface area contributed by atoms with Gasteiger partial charge in [0, 0.05) is 0 Å². The van der Waals surface area contributed by atoms with Gasteiger partial charge in [-0.1, -0.05) is 30.3 Å². The lowest BCUT2D eigenvalue weighted by Gasteiger charge is -2.10. The molecule has 0 saturated heterocycles. The maximum atomic E-state index is 11.3. The lowest BCUT2D eigenvalue weighted by atomic mass is 10.2. The third-order valence-corrected chi connectivity index (χ3v) is 3.30. The predicted octanol–water partition coefficient (Wildman–Crippen LogP) is 2.17. The summed E-state index contributed by atoms with van der Waals surface area (Å²) >= 11 is 1.63. The molecule has 0 radical (unpaired) electrons. The first-order valence-corrected chi connectivity index (χ1v) is 7.51. The van der Waals surface area contributed by atoms with Gasteiger partial charge in [-0.2, -0.15) is 0 Å². The summed E-state index contributed by atoms with van der Waals surface area (Å²) in [6.07, 6.45) is 0.609. The molecule has 2 N–H and O–H groups in total. The SMILES string of the molecule is CCOC(=O)C(N)CCSCOCc1ccccc1. The molecule has 0 aliphatic rings. The van der Waals surface area contributed by atoms with Gasteiger partial charge >= 0.3 is 5.97 Å².